The van der Waals surface area contributed by atoms with Crippen molar-refractivity contribution in [2.24, 2.45) is 0 Å². The second kappa shape index (κ2) is 6.43. The summed E-state index contributed by atoms with van der Waals surface area (Å²) in [7, 11) is 3.89. The van der Waals surface area contributed by atoms with E-state index in [1.807, 2.05) is 11.9 Å². The van der Waals surface area contributed by atoms with Crippen molar-refractivity contribution in [2.45, 2.75) is 25.5 Å². The molecule has 2 N–H and O–H groups in total. The molecule has 0 saturated carbocycles. The van der Waals surface area contributed by atoms with Crippen molar-refractivity contribution in [3.63, 3.8) is 0 Å². The lowest BCUT2D eigenvalue weighted by molar-refractivity contribution is -0.0521. The topological polar surface area (TPSA) is 41.7 Å². The van der Waals surface area contributed by atoms with Crippen LogP contribution in [0.25, 0.3) is 0 Å². The zero-order valence-electron chi connectivity index (χ0n) is 12.2. The van der Waals surface area contributed by atoms with Crippen molar-refractivity contribution >= 4 is 11.4 Å². The van der Waals surface area contributed by atoms with Crippen molar-refractivity contribution in [3.05, 3.63) is 17.9 Å². The molecular formula is C14H20F3N3O. The van der Waals surface area contributed by atoms with E-state index >= 15 is 0 Å². The molecule has 0 radical (unpaired) electrons. The highest BCUT2D eigenvalue weighted by Gasteiger charge is 2.23. The van der Waals surface area contributed by atoms with Gasteiger partial charge < -0.3 is 20.3 Å². The van der Waals surface area contributed by atoms with E-state index in [1.54, 1.807) is 0 Å². The minimum absolute atomic E-state index is 0.218. The van der Waals surface area contributed by atoms with E-state index in [4.69, 9.17) is 5.73 Å². The Balaban J connectivity index is 2.21. The molecule has 0 bridgehead atoms. The van der Waals surface area contributed by atoms with Gasteiger partial charge in [0.2, 0.25) is 0 Å². The molecule has 7 heteroatoms. The van der Waals surface area contributed by atoms with Crippen molar-refractivity contribution in [1.82, 2.24) is 4.90 Å². The third kappa shape index (κ3) is 3.72. The lowest BCUT2D eigenvalue weighted by atomic mass is 10.0. The van der Waals surface area contributed by atoms with Crippen LogP contribution in [-0.2, 0) is 0 Å². The van der Waals surface area contributed by atoms with Crippen molar-refractivity contribution in [3.8, 4) is 5.75 Å². The molecule has 21 heavy (non-hydrogen) atoms. The highest BCUT2D eigenvalue weighted by molar-refractivity contribution is 5.70. The third-order valence-corrected chi connectivity index (χ3v) is 3.91. The van der Waals surface area contributed by atoms with E-state index < -0.39 is 18.2 Å². The van der Waals surface area contributed by atoms with Gasteiger partial charge in [-0.2, -0.15) is 8.78 Å². The number of benzene rings is 1. The molecule has 4 nitrogen and oxygen atoms in total. The molecule has 2 rings (SSSR count). The minimum Gasteiger partial charge on any atom is -0.432 e. The molecule has 1 aliphatic heterocycles. The highest BCUT2D eigenvalue weighted by Crippen LogP contribution is 2.33. The first-order valence-corrected chi connectivity index (χ1v) is 6.83. The third-order valence-electron chi connectivity index (χ3n) is 3.91. The molecule has 0 unspecified atom stereocenters. The Morgan fingerprint density at radius 3 is 2.52 bits per heavy atom. The summed E-state index contributed by atoms with van der Waals surface area (Å²) in [6.45, 7) is -1.16. The Hall–Kier alpha value is -1.63. The number of hydrogen-bond acceptors (Lipinski definition) is 4. The average Bonchev–Trinajstić information content (AvgIpc) is 2.41. The predicted octanol–water partition coefficient (Wildman–Crippen LogP) is 2.54. The first-order valence-electron chi connectivity index (χ1n) is 6.83. The monoisotopic (exact) mass is 303 g/mol. The molecule has 1 aromatic rings. The Morgan fingerprint density at radius 1 is 1.33 bits per heavy atom. The van der Waals surface area contributed by atoms with Crippen LogP contribution in [0.15, 0.2) is 12.1 Å². The van der Waals surface area contributed by atoms with Gasteiger partial charge in [0.05, 0.1) is 11.4 Å². The number of ether oxygens (including phenoxy) is 1. The number of nitrogens with zero attached hydrogens (tertiary/aromatic N) is 2. The van der Waals surface area contributed by atoms with E-state index in [2.05, 4.69) is 16.7 Å². The number of piperidine rings is 1. The fourth-order valence-corrected chi connectivity index (χ4v) is 2.63. The van der Waals surface area contributed by atoms with Crippen molar-refractivity contribution in [1.29, 1.82) is 0 Å². The zero-order chi connectivity index (χ0) is 15.6. The van der Waals surface area contributed by atoms with Gasteiger partial charge in [-0.1, -0.05) is 0 Å². The van der Waals surface area contributed by atoms with Gasteiger partial charge in [0, 0.05) is 25.2 Å². The van der Waals surface area contributed by atoms with Gasteiger partial charge in [-0.3, -0.25) is 0 Å². The second-order valence-corrected chi connectivity index (χ2v) is 5.37. The quantitative estimate of drug-likeness (QED) is 0.868. The standard InChI is InChI=1S/C14H20F3N3O/c1-19-5-3-9(4-6-19)20(2)12-8-13(21-14(16)17)10(15)7-11(12)18/h7-9,14H,3-6,18H2,1-2H3. The fourth-order valence-electron chi connectivity index (χ4n) is 2.63. The second-order valence-electron chi connectivity index (χ2n) is 5.37. The average molecular weight is 303 g/mol. The summed E-state index contributed by atoms with van der Waals surface area (Å²) in [5.74, 6) is -1.36. The van der Waals surface area contributed by atoms with Crippen LogP contribution in [0, 0.1) is 5.82 Å². The Labute approximate surface area is 122 Å². The van der Waals surface area contributed by atoms with E-state index in [0.717, 1.165) is 32.0 Å². The smallest absolute Gasteiger partial charge is 0.387 e. The minimum atomic E-state index is -3.07. The number of alkyl halides is 2. The molecular weight excluding hydrogens is 283 g/mol. The van der Waals surface area contributed by atoms with E-state index in [-0.39, 0.29) is 11.7 Å². The number of hydrogen-bond donors (Lipinski definition) is 1. The zero-order valence-corrected chi connectivity index (χ0v) is 12.2. The lowest BCUT2D eigenvalue weighted by Crippen LogP contribution is -2.42. The van der Waals surface area contributed by atoms with Crippen molar-refractivity contribution in [2.75, 3.05) is 37.8 Å². The van der Waals surface area contributed by atoms with Gasteiger partial charge in [-0.05, 0) is 33.0 Å². The van der Waals surface area contributed by atoms with E-state index in [1.165, 1.54) is 6.07 Å². The summed E-state index contributed by atoms with van der Waals surface area (Å²) in [5.41, 5.74) is 6.55. The van der Waals surface area contributed by atoms with Crippen LogP contribution in [0.5, 0.6) is 5.75 Å². The van der Waals surface area contributed by atoms with Gasteiger partial charge in [-0.25, -0.2) is 4.39 Å². The van der Waals surface area contributed by atoms with Crippen LogP contribution in [0.3, 0.4) is 0 Å². The number of anilines is 2. The summed E-state index contributed by atoms with van der Waals surface area (Å²) in [6.07, 6.45) is 1.88. The van der Waals surface area contributed by atoms with Crippen LogP contribution in [0.4, 0.5) is 24.5 Å². The molecule has 1 fully saturated rings. The van der Waals surface area contributed by atoms with Gasteiger partial charge >= 0.3 is 6.61 Å². The first-order chi connectivity index (χ1) is 9.88. The lowest BCUT2D eigenvalue weighted by Gasteiger charge is -2.37. The Bertz CT molecular complexity index is 491. The highest BCUT2D eigenvalue weighted by atomic mass is 19.3. The molecule has 1 saturated heterocycles. The SMILES string of the molecule is CN1CCC(N(C)c2cc(OC(F)F)c(F)cc2N)CC1. The van der Waals surface area contributed by atoms with Gasteiger partial charge in [-0.15, -0.1) is 0 Å². The fraction of sp³-hybridized carbons (Fsp3) is 0.571. The molecule has 0 aromatic heterocycles. The predicted molar refractivity (Wildman–Crippen MR) is 76.4 cm³/mol. The summed E-state index contributed by atoms with van der Waals surface area (Å²) in [4.78, 5) is 4.14. The largest absolute Gasteiger partial charge is 0.432 e. The summed E-state index contributed by atoms with van der Waals surface area (Å²) >= 11 is 0. The van der Waals surface area contributed by atoms with Crippen LogP contribution in [0.1, 0.15) is 12.8 Å². The van der Waals surface area contributed by atoms with Crippen LogP contribution < -0.4 is 15.4 Å². The Kier molecular flexibility index (Phi) is 4.82. The number of likely N-dealkylation sites (tertiary alicyclic amines) is 1. The number of nitrogens with two attached hydrogens (primary N) is 1. The van der Waals surface area contributed by atoms with E-state index in [9.17, 15) is 13.2 Å². The molecule has 1 aliphatic rings. The summed E-state index contributed by atoms with van der Waals surface area (Å²) in [6, 6.07) is 2.52. The first kappa shape index (κ1) is 15.8. The van der Waals surface area contributed by atoms with Gasteiger partial charge in [0.1, 0.15) is 0 Å². The van der Waals surface area contributed by atoms with Crippen molar-refractivity contribution < 1.29 is 17.9 Å². The normalized spacial score (nSPS) is 17.2. The van der Waals surface area contributed by atoms with Crippen LogP contribution >= 0.6 is 0 Å². The molecule has 0 atom stereocenters. The molecule has 1 heterocycles. The summed E-state index contributed by atoms with van der Waals surface area (Å²) in [5, 5.41) is 0. The molecule has 0 aliphatic carbocycles. The maximum atomic E-state index is 13.6. The van der Waals surface area contributed by atoms with Crippen LogP contribution in [-0.4, -0.2) is 44.7 Å². The molecule has 1 aromatic carbocycles. The van der Waals surface area contributed by atoms with Crippen LogP contribution in [0.2, 0.25) is 0 Å². The number of rotatable bonds is 4. The maximum absolute atomic E-state index is 13.6. The summed E-state index contributed by atoms with van der Waals surface area (Å²) < 4.78 is 42.4. The van der Waals surface area contributed by atoms with Gasteiger partial charge in [0.15, 0.2) is 11.6 Å². The number of nitrogen functional groups attached to an aromatic ring is 1. The maximum Gasteiger partial charge on any atom is 0.387 e. The molecule has 0 amide bonds. The molecule has 0 spiro atoms. The van der Waals surface area contributed by atoms with E-state index in [0.29, 0.717) is 5.69 Å². The van der Waals surface area contributed by atoms with Gasteiger partial charge in [0.25, 0.3) is 0 Å². The molecule has 118 valence electrons. The Morgan fingerprint density at radius 2 is 1.95 bits per heavy atom. The number of halogens is 3.